The van der Waals surface area contributed by atoms with Crippen LogP contribution in [0.3, 0.4) is 0 Å². The van der Waals surface area contributed by atoms with Gasteiger partial charge in [-0.25, -0.2) is 9.59 Å². The van der Waals surface area contributed by atoms with E-state index in [0.717, 1.165) is 0 Å². The number of ether oxygens (including phenoxy) is 4. The molecule has 24 heavy (non-hydrogen) atoms. The predicted octanol–water partition coefficient (Wildman–Crippen LogP) is 2.07. The summed E-state index contributed by atoms with van der Waals surface area (Å²) < 4.78 is 20.7. The van der Waals surface area contributed by atoms with Gasteiger partial charge < -0.3 is 29.6 Å². The highest BCUT2D eigenvalue weighted by molar-refractivity contribution is 5.68. The normalized spacial score (nSPS) is 11.8. The van der Waals surface area contributed by atoms with Gasteiger partial charge in [0.2, 0.25) is 0 Å². The molecule has 0 spiro atoms. The first kappa shape index (κ1) is 22.5. The molecule has 0 rings (SSSR count). The Labute approximate surface area is 144 Å². The van der Waals surface area contributed by atoms with Gasteiger partial charge in [-0.1, -0.05) is 0 Å². The van der Waals surface area contributed by atoms with Crippen molar-refractivity contribution in [3.05, 3.63) is 0 Å². The van der Waals surface area contributed by atoms with Crippen LogP contribution < -0.4 is 10.6 Å². The quantitative estimate of drug-likeness (QED) is 0.619. The van der Waals surface area contributed by atoms with Crippen molar-refractivity contribution in [2.75, 3.05) is 39.5 Å². The van der Waals surface area contributed by atoms with Crippen LogP contribution in [-0.4, -0.2) is 62.9 Å². The van der Waals surface area contributed by atoms with Crippen molar-refractivity contribution in [2.45, 2.75) is 52.7 Å². The van der Waals surface area contributed by atoms with E-state index >= 15 is 0 Å². The highest BCUT2D eigenvalue weighted by Gasteiger charge is 2.11. The van der Waals surface area contributed by atoms with E-state index in [1.54, 1.807) is 0 Å². The fourth-order valence-corrected chi connectivity index (χ4v) is 1.40. The molecule has 0 bridgehead atoms. The lowest BCUT2D eigenvalue weighted by Crippen LogP contribution is -2.36. The number of nitrogens with one attached hydrogen (secondary N) is 2. The Bertz CT molecular complexity index is 338. The third kappa shape index (κ3) is 16.8. The summed E-state index contributed by atoms with van der Waals surface area (Å²) in [6, 6.07) is 0. The molecule has 0 aliphatic rings. The average Bonchev–Trinajstić information content (AvgIpc) is 2.42. The average molecular weight is 348 g/mol. The van der Waals surface area contributed by atoms with Crippen molar-refractivity contribution in [3.8, 4) is 0 Å². The second kappa shape index (κ2) is 11.1. The fourth-order valence-electron chi connectivity index (χ4n) is 1.40. The van der Waals surface area contributed by atoms with Gasteiger partial charge in [0, 0.05) is 13.1 Å². The van der Waals surface area contributed by atoms with Crippen LogP contribution in [0.2, 0.25) is 0 Å². The molecule has 0 fully saturated rings. The summed E-state index contributed by atoms with van der Waals surface area (Å²) in [4.78, 5) is 22.7. The molecule has 8 heteroatoms. The van der Waals surface area contributed by atoms with E-state index in [4.69, 9.17) is 18.9 Å². The van der Waals surface area contributed by atoms with Crippen molar-refractivity contribution in [1.29, 1.82) is 0 Å². The molecular weight excluding hydrogens is 316 g/mol. The number of alkyl carbamates (subject to hydrolysis) is 2. The van der Waals surface area contributed by atoms with E-state index < -0.39 is 12.2 Å². The molecule has 0 heterocycles. The molecule has 2 N–H and O–H groups in total. The predicted molar refractivity (Wildman–Crippen MR) is 90.1 cm³/mol. The van der Waals surface area contributed by atoms with Gasteiger partial charge in [-0.15, -0.1) is 0 Å². The van der Waals surface area contributed by atoms with Gasteiger partial charge in [0.05, 0.1) is 24.4 Å². The van der Waals surface area contributed by atoms with Crippen LogP contribution in [0.4, 0.5) is 9.59 Å². The topological polar surface area (TPSA) is 95.1 Å². The number of carbonyl (C=O) groups is 2. The Morgan fingerprint density at radius 3 is 1.29 bits per heavy atom. The minimum atomic E-state index is -0.554. The molecule has 0 unspecified atom stereocenters. The van der Waals surface area contributed by atoms with Crippen LogP contribution in [0, 0.1) is 0 Å². The summed E-state index contributed by atoms with van der Waals surface area (Å²) in [6.45, 7) is 13.0. The molecule has 0 aliphatic carbocycles. The summed E-state index contributed by atoms with van der Waals surface area (Å²) >= 11 is 0. The summed E-state index contributed by atoms with van der Waals surface area (Å²) in [5, 5.41) is 5.02. The van der Waals surface area contributed by atoms with E-state index in [2.05, 4.69) is 10.6 Å². The SMILES string of the molecule is CC(C)(C)OCCOC(=O)NCCNC(=O)OCCOC(C)(C)C. The van der Waals surface area contributed by atoms with Crippen LogP contribution in [0.15, 0.2) is 0 Å². The number of rotatable bonds is 9. The van der Waals surface area contributed by atoms with Gasteiger partial charge in [0.25, 0.3) is 0 Å². The van der Waals surface area contributed by atoms with E-state index in [1.807, 2.05) is 41.5 Å². The summed E-state index contributed by atoms with van der Waals surface area (Å²) in [5.74, 6) is 0. The molecule has 0 saturated carbocycles. The first-order valence-corrected chi connectivity index (χ1v) is 8.09. The van der Waals surface area contributed by atoms with Crippen molar-refractivity contribution < 1.29 is 28.5 Å². The standard InChI is InChI=1S/C16H32N2O6/c1-15(2,3)23-11-9-21-13(19)17-7-8-18-14(20)22-10-12-24-16(4,5)6/h7-12H2,1-6H3,(H,17,19)(H,18,20). The third-order valence-electron chi connectivity index (χ3n) is 2.37. The molecule has 2 amide bonds. The molecule has 0 aromatic heterocycles. The van der Waals surface area contributed by atoms with Gasteiger partial charge in [0.1, 0.15) is 13.2 Å². The van der Waals surface area contributed by atoms with Crippen molar-refractivity contribution in [1.82, 2.24) is 10.6 Å². The zero-order chi connectivity index (χ0) is 18.6. The van der Waals surface area contributed by atoms with E-state index in [9.17, 15) is 9.59 Å². The highest BCUT2D eigenvalue weighted by Crippen LogP contribution is 2.06. The second-order valence-corrected chi connectivity index (χ2v) is 7.05. The van der Waals surface area contributed by atoms with Gasteiger partial charge in [0.15, 0.2) is 0 Å². The Morgan fingerprint density at radius 1 is 0.667 bits per heavy atom. The van der Waals surface area contributed by atoms with E-state index in [0.29, 0.717) is 13.2 Å². The summed E-state index contributed by atoms with van der Waals surface area (Å²) in [5.41, 5.74) is -0.524. The van der Waals surface area contributed by atoms with Gasteiger partial charge in [-0.05, 0) is 41.5 Å². The first-order valence-electron chi connectivity index (χ1n) is 8.09. The molecule has 0 aliphatic heterocycles. The molecular formula is C16H32N2O6. The maximum absolute atomic E-state index is 11.4. The first-order chi connectivity index (χ1) is 11.0. The molecule has 0 aromatic rings. The lowest BCUT2D eigenvalue weighted by Gasteiger charge is -2.19. The zero-order valence-corrected chi connectivity index (χ0v) is 15.7. The Hall–Kier alpha value is -1.54. The van der Waals surface area contributed by atoms with Crippen molar-refractivity contribution in [3.63, 3.8) is 0 Å². The maximum Gasteiger partial charge on any atom is 0.407 e. The monoisotopic (exact) mass is 348 g/mol. The minimum absolute atomic E-state index is 0.173. The highest BCUT2D eigenvalue weighted by atomic mass is 16.6. The molecule has 8 nitrogen and oxygen atoms in total. The smallest absolute Gasteiger partial charge is 0.407 e. The number of amides is 2. The molecule has 0 atom stereocenters. The van der Waals surface area contributed by atoms with Crippen LogP contribution >= 0.6 is 0 Å². The van der Waals surface area contributed by atoms with Crippen LogP contribution in [0.1, 0.15) is 41.5 Å². The van der Waals surface area contributed by atoms with E-state index in [-0.39, 0.29) is 37.5 Å². The summed E-state index contributed by atoms with van der Waals surface area (Å²) in [6.07, 6.45) is -1.11. The summed E-state index contributed by atoms with van der Waals surface area (Å²) in [7, 11) is 0. The Balaban J connectivity index is 3.50. The van der Waals surface area contributed by atoms with E-state index in [1.165, 1.54) is 0 Å². The van der Waals surface area contributed by atoms with Crippen LogP contribution in [0.25, 0.3) is 0 Å². The Kier molecular flexibility index (Phi) is 10.4. The third-order valence-corrected chi connectivity index (χ3v) is 2.37. The minimum Gasteiger partial charge on any atom is -0.447 e. The van der Waals surface area contributed by atoms with Gasteiger partial charge >= 0.3 is 12.2 Å². The fraction of sp³-hybridized carbons (Fsp3) is 0.875. The lowest BCUT2D eigenvalue weighted by molar-refractivity contribution is -0.0234. The number of hydrogen-bond donors (Lipinski definition) is 2. The number of hydrogen-bond acceptors (Lipinski definition) is 6. The van der Waals surface area contributed by atoms with Crippen LogP contribution in [-0.2, 0) is 18.9 Å². The zero-order valence-electron chi connectivity index (χ0n) is 15.7. The maximum atomic E-state index is 11.4. The van der Waals surface area contributed by atoms with Crippen LogP contribution in [0.5, 0.6) is 0 Å². The molecule has 0 radical (unpaired) electrons. The van der Waals surface area contributed by atoms with Gasteiger partial charge in [-0.3, -0.25) is 0 Å². The largest absolute Gasteiger partial charge is 0.447 e. The van der Waals surface area contributed by atoms with Crippen molar-refractivity contribution in [2.24, 2.45) is 0 Å². The Morgan fingerprint density at radius 2 is 1.00 bits per heavy atom. The van der Waals surface area contributed by atoms with Gasteiger partial charge in [-0.2, -0.15) is 0 Å². The second-order valence-electron chi connectivity index (χ2n) is 7.05. The number of carbonyl (C=O) groups excluding carboxylic acids is 2. The molecule has 0 saturated heterocycles. The molecule has 142 valence electrons. The molecule has 0 aromatic carbocycles. The van der Waals surface area contributed by atoms with Crippen molar-refractivity contribution >= 4 is 12.2 Å². The lowest BCUT2D eigenvalue weighted by atomic mass is 10.2.